The van der Waals surface area contributed by atoms with Gasteiger partial charge in [0.1, 0.15) is 12.4 Å². The summed E-state index contributed by atoms with van der Waals surface area (Å²) in [5.41, 5.74) is 2.39. The van der Waals surface area contributed by atoms with Gasteiger partial charge < -0.3 is 23.9 Å². The Kier molecular flexibility index (Phi) is 10.1. The van der Waals surface area contributed by atoms with E-state index in [1.807, 2.05) is 12.1 Å². The highest BCUT2D eigenvalue weighted by molar-refractivity contribution is 5.29. The van der Waals surface area contributed by atoms with Gasteiger partial charge in [-0.05, 0) is 29.8 Å². The fourth-order valence-electron chi connectivity index (χ4n) is 3.89. The largest absolute Gasteiger partial charge is 0.497 e. The standard InChI is InChI=1S/C25H35N3O4/c1-3-14-32-21-24(29)20-27(11-10-26-12-15-31-16-13-26)19-23-7-5-9-28(23)18-22-6-4-8-25(17-22)30-2/h1,4-9,17,24,29H,10-16,18-21H2,2H3. The average Bonchev–Trinajstić information content (AvgIpc) is 3.24. The van der Waals surface area contributed by atoms with Crippen LogP contribution >= 0.6 is 0 Å². The lowest BCUT2D eigenvalue weighted by Gasteiger charge is -2.31. The fraction of sp³-hybridized carbons (Fsp3) is 0.520. The van der Waals surface area contributed by atoms with Crippen molar-refractivity contribution in [2.24, 2.45) is 0 Å². The Hall–Kier alpha value is -2.34. The third-order valence-electron chi connectivity index (χ3n) is 5.60. The monoisotopic (exact) mass is 441 g/mol. The van der Waals surface area contributed by atoms with Crippen molar-refractivity contribution in [2.45, 2.75) is 19.2 Å². The second-order valence-corrected chi connectivity index (χ2v) is 8.04. The normalized spacial score (nSPS) is 15.6. The Morgan fingerprint density at radius 3 is 2.88 bits per heavy atom. The Morgan fingerprint density at radius 1 is 1.25 bits per heavy atom. The first-order valence-electron chi connectivity index (χ1n) is 11.2. The summed E-state index contributed by atoms with van der Waals surface area (Å²) >= 11 is 0. The van der Waals surface area contributed by atoms with Gasteiger partial charge in [0.05, 0.1) is 33.0 Å². The highest BCUT2D eigenvalue weighted by Gasteiger charge is 2.17. The molecule has 0 bridgehead atoms. The van der Waals surface area contributed by atoms with Crippen LogP contribution in [-0.2, 0) is 22.6 Å². The summed E-state index contributed by atoms with van der Waals surface area (Å²) in [7, 11) is 1.69. The number of terminal acetylenes is 1. The molecule has 2 heterocycles. The van der Waals surface area contributed by atoms with Crippen LogP contribution in [-0.4, -0.2) is 91.8 Å². The number of aliphatic hydroxyl groups excluding tert-OH is 1. The van der Waals surface area contributed by atoms with Gasteiger partial charge in [0.25, 0.3) is 0 Å². The predicted molar refractivity (Wildman–Crippen MR) is 125 cm³/mol. The van der Waals surface area contributed by atoms with E-state index in [9.17, 15) is 5.11 Å². The molecule has 1 aliphatic rings. The first-order valence-corrected chi connectivity index (χ1v) is 11.2. The van der Waals surface area contributed by atoms with E-state index < -0.39 is 6.10 Å². The van der Waals surface area contributed by atoms with Crippen molar-refractivity contribution in [3.8, 4) is 18.1 Å². The van der Waals surface area contributed by atoms with Crippen LogP contribution in [0.5, 0.6) is 5.75 Å². The first-order chi connectivity index (χ1) is 15.7. The summed E-state index contributed by atoms with van der Waals surface area (Å²) in [5.74, 6) is 3.30. The molecule has 2 aromatic rings. The molecule has 0 amide bonds. The van der Waals surface area contributed by atoms with Crippen LogP contribution in [0.3, 0.4) is 0 Å². The average molecular weight is 442 g/mol. The minimum Gasteiger partial charge on any atom is -0.497 e. The van der Waals surface area contributed by atoms with Gasteiger partial charge in [-0.25, -0.2) is 0 Å². The highest BCUT2D eigenvalue weighted by atomic mass is 16.5. The number of aliphatic hydroxyl groups is 1. The lowest BCUT2D eigenvalue weighted by molar-refractivity contribution is 0.0133. The van der Waals surface area contributed by atoms with E-state index in [0.29, 0.717) is 6.54 Å². The summed E-state index contributed by atoms with van der Waals surface area (Å²) in [6.45, 7) is 7.77. The van der Waals surface area contributed by atoms with Crippen LogP contribution in [0.15, 0.2) is 42.6 Å². The van der Waals surface area contributed by atoms with Crippen molar-refractivity contribution < 1.29 is 19.3 Å². The van der Waals surface area contributed by atoms with E-state index in [0.717, 1.165) is 58.2 Å². The zero-order valence-electron chi connectivity index (χ0n) is 19.0. The maximum atomic E-state index is 10.5. The molecular formula is C25H35N3O4. The Balaban J connectivity index is 1.63. The third kappa shape index (κ3) is 7.97. The molecule has 1 unspecified atom stereocenters. The molecule has 1 fully saturated rings. The molecular weight excluding hydrogens is 406 g/mol. The summed E-state index contributed by atoms with van der Waals surface area (Å²) < 4.78 is 18.4. The Morgan fingerprint density at radius 2 is 2.09 bits per heavy atom. The van der Waals surface area contributed by atoms with Crippen LogP contribution in [0.4, 0.5) is 0 Å². The number of hydrogen-bond acceptors (Lipinski definition) is 6. The van der Waals surface area contributed by atoms with Gasteiger partial charge in [-0.2, -0.15) is 0 Å². The van der Waals surface area contributed by atoms with Gasteiger partial charge >= 0.3 is 0 Å². The molecule has 1 aromatic heterocycles. The highest BCUT2D eigenvalue weighted by Crippen LogP contribution is 2.16. The summed E-state index contributed by atoms with van der Waals surface area (Å²) in [5, 5.41) is 10.5. The van der Waals surface area contributed by atoms with E-state index in [-0.39, 0.29) is 13.2 Å². The van der Waals surface area contributed by atoms with Crippen LogP contribution < -0.4 is 4.74 Å². The second-order valence-electron chi connectivity index (χ2n) is 8.04. The van der Waals surface area contributed by atoms with Crippen molar-refractivity contribution in [3.63, 3.8) is 0 Å². The molecule has 1 aromatic carbocycles. The molecule has 3 rings (SSSR count). The number of morpholine rings is 1. The molecule has 1 saturated heterocycles. The van der Waals surface area contributed by atoms with Crippen molar-refractivity contribution in [3.05, 3.63) is 53.9 Å². The summed E-state index contributed by atoms with van der Waals surface area (Å²) in [4.78, 5) is 4.70. The molecule has 32 heavy (non-hydrogen) atoms. The first kappa shape index (κ1) is 24.3. The zero-order chi connectivity index (χ0) is 22.6. The number of hydrogen-bond donors (Lipinski definition) is 1. The van der Waals surface area contributed by atoms with Gasteiger partial charge in [0.15, 0.2) is 0 Å². The van der Waals surface area contributed by atoms with E-state index in [1.165, 1.54) is 11.3 Å². The molecule has 0 aliphatic carbocycles. The van der Waals surface area contributed by atoms with Crippen molar-refractivity contribution in [1.29, 1.82) is 0 Å². The van der Waals surface area contributed by atoms with E-state index in [2.05, 4.69) is 50.7 Å². The molecule has 1 N–H and O–H groups in total. The number of aromatic nitrogens is 1. The van der Waals surface area contributed by atoms with Gasteiger partial charge in [0.2, 0.25) is 0 Å². The molecule has 0 saturated carbocycles. The predicted octanol–water partition coefficient (Wildman–Crippen LogP) is 1.69. The lowest BCUT2D eigenvalue weighted by atomic mass is 10.2. The second kappa shape index (κ2) is 13.3. The van der Waals surface area contributed by atoms with Gasteiger partial charge in [-0.1, -0.05) is 18.1 Å². The van der Waals surface area contributed by atoms with Crippen LogP contribution in [0, 0.1) is 12.3 Å². The number of ether oxygens (including phenoxy) is 3. The van der Waals surface area contributed by atoms with Gasteiger partial charge in [-0.15, -0.1) is 6.42 Å². The van der Waals surface area contributed by atoms with Crippen molar-refractivity contribution in [1.82, 2.24) is 14.4 Å². The van der Waals surface area contributed by atoms with Crippen LogP contribution in [0.1, 0.15) is 11.3 Å². The topological polar surface area (TPSA) is 59.3 Å². The molecule has 7 nitrogen and oxygen atoms in total. The molecule has 1 atom stereocenters. The number of nitrogens with zero attached hydrogens (tertiary/aromatic N) is 3. The van der Waals surface area contributed by atoms with Crippen LogP contribution in [0.2, 0.25) is 0 Å². The number of rotatable bonds is 13. The summed E-state index contributed by atoms with van der Waals surface area (Å²) in [6.07, 6.45) is 6.75. The SMILES string of the molecule is C#CCOCC(O)CN(CCN1CCOCC1)Cc1cccn1Cc1cccc(OC)c1. The van der Waals surface area contributed by atoms with Gasteiger partial charge in [-0.3, -0.25) is 9.80 Å². The molecule has 0 spiro atoms. The zero-order valence-corrected chi connectivity index (χ0v) is 19.0. The summed E-state index contributed by atoms with van der Waals surface area (Å²) in [6, 6.07) is 12.3. The minimum atomic E-state index is -0.588. The Labute approximate surface area is 191 Å². The maximum absolute atomic E-state index is 10.5. The van der Waals surface area contributed by atoms with Crippen LogP contribution in [0.25, 0.3) is 0 Å². The maximum Gasteiger partial charge on any atom is 0.119 e. The van der Waals surface area contributed by atoms with E-state index >= 15 is 0 Å². The van der Waals surface area contributed by atoms with Crippen molar-refractivity contribution in [2.75, 3.05) is 66.3 Å². The molecule has 0 radical (unpaired) electrons. The van der Waals surface area contributed by atoms with Gasteiger partial charge in [0, 0.05) is 57.7 Å². The number of methoxy groups -OCH3 is 1. The quantitative estimate of drug-likeness (QED) is 0.377. The third-order valence-corrected chi connectivity index (χ3v) is 5.60. The lowest BCUT2D eigenvalue weighted by Crippen LogP contribution is -2.43. The van der Waals surface area contributed by atoms with E-state index in [1.54, 1.807) is 7.11 Å². The number of benzene rings is 1. The van der Waals surface area contributed by atoms with E-state index in [4.69, 9.17) is 20.6 Å². The molecule has 1 aliphatic heterocycles. The molecule has 7 heteroatoms. The van der Waals surface area contributed by atoms with Crippen molar-refractivity contribution >= 4 is 0 Å². The Bertz CT molecular complexity index is 842. The minimum absolute atomic E-state index is 0.216. The molecule has 174 valence electrons. The fourth-order valence-corrected chi connectivity index (χ4v) is 3.89. The smallest absolute Gasteiger partial charge is 0.119 e.